The molecule has 0 unspecified atom stereocenters. The van der Waals surface area contributed by atoms with E-state index in [0.29, 0.717) is 11.6 Å². The van der Waals surface area contributed by atoms with Crippen molar-refractivity contribution in [3.63, 3.8) is 0 Å². The molecule has 0 fully saturated rings. The summed E-state index contributed by atoms with van der Waals surface area (Å²) in [5.41, 5.74) is 0. The predicted molar refractivity (Wildman–Crippen MR) is 64.8 cm³/mol. The summed E-state index contributed by atoms with van der Waals surface area (Å²) in [5, 5.41) is 25.9. The Morgan fingerprint density at radius 3 is 2.50 bits per heavy atom. The van der Waals surface area contributed by atoms with Crippen molar-refractivity contribution in [2.45, 2.75) is 25.9 Å². The number of aryl methyl sites for hydroxylation is 1. The first-order chi connectivity index (χ1) is 9.29. The van der Waals surface area contributed by atoms with Crippen LogP contribution in [0.4, 0.5) is 4.79 Å². The Hall–Kier alpha value is -2.65. The van der Waals surface area contributed by atoms with Crippen LogP contribution in [0.1, 0.15) is 18.1 Å². The van der Waals surface area contributed by atoms with Crippen LogP contribution in [0.15, 0.2) is 0 Å². The van der Waals surface area contributed by atoms with Gasteiger partial charge in [-0.1, -0.05) is 0 Å². The number of hydrogen-bond acceptors (Lipinski definition) is 5. The third-order valence-corrected chi connectivity index (χ3v) is 2.34. The second-order valence-corrected chi connectivity index (χ2v) is 4.13. The number of hydrogen-bond donors (Lipinski definition) is 4. The second kappa shape index (κ2) is 6.50. The minimum atomic E-state index is -1.49. The molecule has 0 aliphatic carbocycles. The fourth-order valence-corrected chi connectivity index (χ4v) is 1.38. The van der Waals surface area contributed by atoms with Gasteiger partial charge in [0.15, 0.2) is 5.82 Å². The summed E-state index contributed by atoms with van der Waals surface area (Å²) in [7, 11) is 1.42. The summed E-state index contributed by atoms with van der Waals surface area (Å²) in [6.45, 7) is 1.76. The van der Waals surface area contributed by atoms with Gasteiger partial charge in [-0.25, -0.2) is 14.6 Å². The number of aliphatic carboxylic acids is 2. The van der Waals surface area contributed by atoms with Gasteiger partial charge in [-0.3, -0.25) is 9.89 Å². The topological polar surface area (TPSA) is 149 Å². The predicted octanol–water partition coefficient (Wildman–Crippen LogP) is -0.818. The number of aromatic amines is 1. The summed E-state index contributed by atoms with van der Waals surface area (Å²) in [5.74, 6) is -1.78. The highest BCUT2D eigenvalue weighted by atomic mass is 16.4. The van der Waals surface area contributed by atoms with E-state index in [2.05, 4.69) is 20.5 Å². The summed E-state index contributed by atoms with van der Waals surface area (Å²) in [6.07, 6.45) is -0.700. The van der Waals surface area contributed by atoms with Crippen molar-refractivity contribution in [2.24, 2.45) is 0 Å². The van der Waals surface area contributed by atoms with Crippen LogP contribution in [0.25, 0.3) is 0 Å². The highest BCUT2D eigenvalue weighted by Crippen LogP contribution is 1.99. The van der Waals surface area contributed by atoms with E-state index in [-0.39, 0.29) is 6.54 Å². The number of aromatic nitrogens is 3. The summed E-state index contributed by atoms with van der Waals surface area (Å²) >= 11 is 0. The zero-order valence-electron chi connectivity index (χ0n) is 11.0. The molecule has 0 aliphatic heterocycles. The summed E-state index contributed by atoms with van der Waals surface area (Å²) in [4.78, 5) is 38.2. The van der Waals surface area contributed by atoms with Gasteiger partial charge in [-0.2, -0.15) is 5.10 Å². The Morgan fingerprint density at radius 2 is 2.05 bits per heavy atom. The number of rotatable bonds is 6. The molecule has 1 rings (SSSR count). The lowest BCUT2D eigenvalue weighted by molar-refractivity contribution is -0.145. The van der Waals surface area contributed by atoms with Crippen molar-refractivity contribution in [3.8, 4) is 0 Å². The molecular formula is C10H15N5O5. The first-order valence-electron chi connectivity index (χ1n) is 5.63. The molecule has 1 aromatic heterocycles. The second-order valence-electron chi connectivity index (χ2n) is 4.13. The number of carboxylic acid groups (broad SMARTS) is 2. The molecule has 1 aromatic rings. The van der Waals surface area contributed by atoms with E-state index >= 15 is 0 Å². The fraction of sp³-hybridized carbons (Fsp3) is 0.500. The molecule has 110 valence electrons. The number of carbonyl (C=O) groups is 3. The summed E-state index contributed by atoms with van der Waals surface area (Å²) in [6, 6.07) is -2.21. The van der Waals surface area contributed by atoms with Crippen molar-refractivity contribution < 1.29 is 24.6 Å². The molecule has 1 atom stereocenters. The van der Waals surface area contributed by atoms with E-state index in [0.717, 1.165) is 4.90 Å². The lowest BCUT2D eigenvalue weighted by Crippen LogP contribution is -2.47. The lowest BCUT2D eigenvalue weighted by Gasteiger charge is -2.19. The van der Waals surface area contributed by atoms with Gasteiger partial charge in [-0.15, -0.1) is 0 Å². The first kappa shape index (κ1) is 15.4. The monoisotopic (exact) mass is 285 g/mol. The number of carbonyl (C=O) groups excluding carboxylic acids is 1. The summed E-state index contributed by atoms with van der Waals surface area (Å²) < 4.78 is 0. The molecule has 0 aliphatic rings. The van der Waals surface area contributed by atoms with Crippen LogP contribution in [0.3, 0.4) is 0 Å². The van der Waals surface area contributed by atoms with Gasteiger partial charge in [0.05, 0.1) is 13.0 Å². The van der Waals surface area contributed by atoms with E-state index in [9.17, 15) is 14.4 Å². The Labute approximate surface area is 113 Å². The van der Waals surface area contributed by atoms with E-state index in [1.54, 1.807) is 6.92 Å². The van der Waals surface area contributed by atoms with Gasteiger partial charge in [0.2, 0.25) is 0 Å². The molecule has 0 bridgehead atoms. The molecular weight excluding hydrogens is 270 g/mol. The largest absolute Gasteiger partial charge is 0.481 e. The third-order valence-electron chi connectivity index (χ3n) is 2.34. The van der Waals surface area contributed by atoms with Gasteiger partial charge in [0.1, 0.15) is 11.9 Å². The standard InChI is InChI=1S/C10H15N5O5/c1-5-11-7(14-13-5)4-15(2)10(20)12-6(9(18)19)3-8(16)17/h6H,3-4H2,1-2H3,(H,12,20)(H,16,17)(H,18,19)(H,11,13,14)/t6-/m1/s1. The molecule has 0 radical (unpaired) electrons. The zero-order valence-corrected chi connectivity index (χ0v) is 11.0. The molecule has 10 heteroatoms. The molecule has 0 aromatic carbocycles. The number of H-pyrrole nitrogens is 1. The van der Waals surface area contributed by atoms with Crippen molar-refractivity contribution in [3.05, 3.63) is 11.6 Å². The Morgan fingerprint density at radius 1 is 1.40 bits per heavy atom. The van der Waals surface area contributed by atoms with Crippen LogP contribution in [0.5, 0.6) is 0 Å². The molecule has 20 heavy (non-hydrogen) atoms. The van der Waals surface area contributed by atoms with Crippen molar-refractivity contribution >= 4 is 18.0 Å². The van der Waals surface area contributed by atoms with Crippen LogP contribution in [0.2, 0.25) is 0 Å². The number of nitrogens with one attached hydrogen (secondary N) is 2. The Kier molecular flexibility index (Phi) is 5.01. The zero-order chi connectivity index (χ0) is 15.3. The molecule has 0 saturated heterocycles. The van der Waals surface area contributed by atoms with E-state index in [1.807, 2.05) is 0 Å². The van der Waals surface area contributed by atoms with E-state index in [4.69, 9.17) is 10.2 Å². The minimum Gasteiger partial charge on any atom is -0.481 e. The fourth-order valence-electron chi connectivity index (χ4n) is 1.38. The van der Waals surface area contributed by atoms with E-state index < -0.39 is 30.4 Å². The molecule has 0 saturated carbocycles. The van der Waals surface area contributed by atoms with Crippen LogP contribution in [-0.2, 0) is 16.1 Å². The average molecular weight is 285 g/mol. The molecule has 4 N–H and O–H groups in total. The van der Waals surface area contributed by atoms with Crippen LogP contribution in [0, 0.1) is 6.92 Å². The quantitative estimate of drug-likeness (QED) is 0.533. The maximum absolute atomic E-state index is 11.7. The van der Waals surface area contributed by atoms with Gasteiger partial charge in [0, 0.05) is 7.05 Å². The highest BCUT2D eigenvalue weighted by molar-refractivity contribution is 5.86. The normalized spacial score (nSPS) is 11.7. The van der Waals surface area contributed by atoms with Crippen molar-refractivity contribution in [1.82, 2.24) is 25.4 Å². The molecule has 2 amide bonds. The Bertz CT molecular complexity index is 514. The smallest absolute Gasteiger partial charge is 0.326 e. The van der Waals surface area contributed by atoms with Crippen LogP contribution < -0.4 is 5.32 Å². The highest BCUT2D eigenvalue weighted by Gasteiger charge is 2.24. The molecule has 10 nitrogen and oxygen atoms in total. The molecule has 1 heterocycles. The van der Waals surface area contributed by atoms with Gasteiger partial charge >= 0.3 is 18.0 Å². The Balaban J connectivity index is 2.59. The first-order valence-corrected chi connectivity index (χ1v) is 5.63. The number of urea groups is 1. The number of amides is 2. The van der Waals surface area contributed by atoms with Crippen molar-refractivity contribution in [2.75, 3.05) is 7.05 Å². The van der Waals surface area contributed by atoms with Crippen molar-refractivity contribution in [1.29, 1.82) is 0 Å². The van der Waals surface area contributed by atoms with Crippen LogP contribution in [-0.4, -0.2) is 61.4 Å². The lowest BCUT2D eigenvalue weighted by atomic mass is 10.2. The number of carboxylic acids is 2. The SMILES string of the molecule is Cc1nc(CN(C)C(=O)N[C@H](CC(=O)O)C(=O)O)n[nH]1. The van der Waals surface area contributed by atoms with E-state index in [1.165, 1.54) is 7.05 Å². The maximum atomic E-state index is 11.7. The van der Waals surface area contributed by atoms with Gasteiger partial charge in [-0.05, 0) is 6.92 Å². The van der Waals surface area contributed by atoms with Gasteiger partial charge < -0.3 is 20.4 Å². The van der Waals surface area contributed by atoms with Gasteiger partial charge in [0.25, 0.3) is 0 Å². The molecule has 0 spiro atoms. The number of nitrogens with zero attached hydrogens (tertiary/aromatic N) is 3. The minimum absolute atomic E-state index is 0.0651. The van der Waals surface area contributed by atoms with Crippen LogP contribution >= 0.6 is 0 Å². The maximum Gasteiger partial charge on any atom is 0.326 e. The third kappa shape index (κ3) is 4.55. The average Bonchev–Trinajstić information content (AvgIpc) is 2.72.